The molecule has 0 unspecified atom stereocenters. The number of ether oxygens (including phenoxy) is 1. The van der Waals surface area contributed by atoms with E-state index in [9.17, 15) is 0 Å². The third kappa shape index (κ3) is 3.52. The van der Waals surface area contributed by atoms with Crippen molar-refractivity contribution >= 4 is 45.0 Å². The van der Waals surface area contributed by atoms with Gasteiger partial charge < -0.3 is 15.4 Å². The average molecular weight is 358 g/mol. The molecule has 5 nitrogen and oxygen atoms in total. The largest absolute Gasteiger partial charge is 0.495 e. The van der Waals surface area contributed by atoms with Crippen LogP contribution in [0.5, 0.6) is 5.75 Å². The van der Waals surface area contributed by atoms with Crippen molar-refractivity contribution in [3.63, 3.8) is 0 Å². The van der Waals surface area contributed by atoms with Crippen LogP contribution in [0.25, 0.3) is 0 Å². The minimum absolute atomic E-state index is 0.537. The number of benzene rings is 1. The molecule has 20 heavy (non-hydrogen) atoms. The molecule has 1 heterocycles. The third-order valence-corrected chi connectivity index (χ3v) is 3.37. The van der Waals surface area contributed by atoms with Gasteiger partial charge in [-0.2, -0.15) is 4.98 Å². The zero-order chi connectivity index (χ0) is 14.5. The summed E-state index contributed by atoms with van der Waals surface area (Å²) in [4.78, 5) is 8.54. The summed E-state index contributed by atoms with van der Waals surface area (Å²) >= 11 is 9.51. The smallest absolute Gasteiger partial charge is 0.224 e. The summed E-state index contributed by atoms with van der Waals surface area (Å²) in [7, 11) is 1.58. The molecular weight excluding hydrogens is 344 g/mol. The first-order chi connectivity index (χ1) is 9.63. The molecule has 0 radical (unpaired) electrons. The lowest BCUT2D eigenvalue weighted by molar-refractivity contribution is 0.415. The average Bonchev–Trinajstić information content (AvgIpc) is 2.43. The predicted molar refractivity (Wildman–Crippen MR) is 85.2 cm³/mol. The Morgan fingerprint density at radius 1 is 1.40 bits per heavy atom. The number of hydrogen-bond acceptors (Lipinski definition) is 5. The van der Waals surface area contributed by atoms with E-state index in [1.54, 1.807) is 25.4 Å². The minimum Gasteiger partial charge on any atom is -0.495 e. The summed E-state index contributed by atoms with van der Waals surface area (Å²) < 4.78 is 5.89. The molecule has 7 heteroatoms. The minimum atomic E-state index is 0.537. The van der Waals surface area contributed by atoms with Crippen molar-refractivity contribution in [2.45, 2.75) is 6.92 Å². The Balaban J connectivity index is 2.24. The monoisotopic (exact) mass is 356 g/mol. The first-order valence-electron chi connectivity index (χ1n) is 6.01. The molecule has 0 aliphatic carbocycles. The third-order valence-electron chi connectivity index (χ3n) is 2.49. The molecule has 1 aromatic heterocycles. The molecule has 0 atom stereocenters. The highest BCUT2D eigenvalue weighted by atomic mass is 79.9. The van der Waals surface area contributed by atoms with E-state index in [1.807, 2.05) is 13.0 Å². The molecule has 2 aromatic rings. The highest BCUT2D eigenvalue weighted by Crippen LogP contribution is 2.30. The molecule has 0 saturated heterocycles. The number of nitrogens with one attached hydrogen (secondary N) is 2. The van der Waals surface area contributed by atoms with Crippen molar-refractivity contribution < 1.29 is 4.74 Å². The van der Waals surface area contributed by atoms with Crippen molar-refractivity contribution in [1.29, 1.82) is 0 Å². The molecule has 106 valence electrons. The lowest BCUT2D eigenvalue weighted by Gasteiger charge is -2.11. The van der Waals surface area contributed by atoms with Crippen LogP contribution >= 0.6 is 27.5 Å². The van der Waals surface area contributed by atoms with Crippen LogP contribution < -0.4 is 15.4 Å². The Kier molecular flexibility index (Phi) is 5.03. The first kappa shape index (κ1) is 14.9. The Labute approximate surface area is 130 Å². The number of aromatic nitrogens is 2. The fraction of sp³-hybridized carbons (Fsp3) is 0.231. The van der Waals surface area contributed by atoms with Crippen LogP contribution in [0.3, 0.4) is 0 Å². The van der Waals surface area contributed by atoms with E-state index >= 15 is 0 Å². The lowest BCUT2D eigenvalue weighted by Crippen LogP contribution is -2.04. The van der Waals surface area contributed by atoms with Gasteiger partial charge in [0.2, 0.25) is 5.95 Å². The van der Waals surface area contributed by atoms with E-state index in [1.165, 1.54) is 0 Å². The predicted octanol–water partition coefficient (Wildman–Crippen LogP) is 4.08. The molecule has 0 bridgehead atoms. The number of methoxy groups -OCH3 is 1. The molecule has 2 rings (SSSR count). The van der Waals surface area contributed by atoms with Gasteiger partial charge in [0.15, 0.2) is 0 Å². The van der Waals surface area contributed by atoms with Gasteiger partial charge in [-0.05, 0) is 41.1 Å². The molecule has 0 saturated carbocycles. The van der Waals surface area contributed by atoms with Gasteiger partial charge in [-0.15, -0.1) is 0 Å². The summed E-state index contributed by atoms with van der Waals surface area (Å²) in [5.74, 6) is 1.86. The maximum absolute atomic E-state index is 6.09. The molecule has 0 spiro atoms. The summed E-state index contributed by atoms with van der Waals surface area (Å²) in [6.45, 7) is 2.75. The van der Waals surface area contributed by atoms with E-state index in [0.717, 1.165) is 16.7 Å². The first-order valence-corrected chi connectivity index (χ1v) is 7.18. The van der Waals surface area contributed by atoms with Gasteiger partial charge in [-0.25, -0.2) is 4.98 Å². The van der Waals surface area contributed by atoms with Crippen LogP contribution in [-0.4, -0.2) is 23.6 Å². The second kappa shape index (κ2) is 6.76. The normalized spacial score (nSPS) is 10.2. The Hall–Kier alpha value is -1.53. The van der Waals surface area contributed by atoms with Gasteiger partial charge in [0, 0.05) is 18.4 Å². The van der Waals surface area contributed by atoms with Crippen molar-refractivity contribution in [2.75, 3.05) is 24.3 Å². The fourth-order valence-corrected chi connectivity index (χ4v) is 2.13. The molecule has 0 aliphatic heterocycles. The van der Waals surface area contributed by atoms with Crippen molar-refractivity contribution in [1.82, 2.24) is 9.97 Å². The van der Waals surface area contributed by atoms with Gasteiger partial charge in [-0.3, -0.25) is 0 Å². The summed E-state index contributed by atoms with van der Waals surface area (Å²) in [5.41, 5.74) is 0.817. The van der Waals surface area contributed by atoms with Gasteiger partial charge in [0.25, 0.3) is 0 Å². The standard InChI is InChI=1S/C13H14BrClN4O/c1-3-16-13-17-7-9(14)12(19-13)18-8-4-5-11(20-2)10(15)6-8/h4-7H,3H2,1-2H3,(H2,16,17,18,19). The number of nitrogens with zero attached hydrogens (tertiary/aromatic N) is 2. The van der Waals surface area contributed by atoms with Crippen LogP contribution in [-0.2, 0) is 0 Å². The lowest BCUT2D eigenvalue weighted by atomic mass is 10.3. The van der Waals surface area contributed by atoms with Gasteiger partial charge >= 0.3 is 0 Å². The number of hydrogen-bond donors (Lipinski definition) is 2. The number of halogens is 2. The van der Waals surface area contributed by atoms with E-state index in [2.05, 4.69) is 36.5 Å². The van der Waals surface area contributed by atoms with Gasteiger partial charge in [0.1, 0.15) is 11.6 Å². The second-order valence-electron chi connectivity index (χ2n) is 3.89. The quantitative estimate of drug-likeness (QED) is 0.844. The fourth-order valence-electron chi connectivity index (χ4n) is 1.58. The van der Waals surface area contributed by atoms with E-state index < -0.39 is 0 Å². The van der Waals surface area contributed by atoms with Crippen LogP contribution in [0.2, 0.25) is 5.02 Å². The maximum Gasteiger partial charge on any atom is 0.224 e. The van der Waals surface area contributed by atoms with E-state index in [-0.39, 0.29) is 0 Å². The molecule has 1 aromatic carbocycles. The van der Waals surface area contributed by atoms with Crippen molar-refractivity contribution in [3.8, 4) is 5.75 Å². The number of anilines is 3. The topological polar surface area (TPSA) is 59.1 Å². The molecule has 2 N–H and O–H groups in total. The zero-order valence-corrected chi connectivity index (χ0v) is 13.4. The van der Waals surface area contributed by atoms with Crippen LogP contribution in [0.15, 0.2) is 28.9 Å². The molecule has 0 amide bonds. The molecular formula is C13H14BrClN4O. The van der Waals surface area contributed by atoms with E-state index in [0.29, 0.717) is 22.5 Å². The van der Waals surface area contributed by atoms with Crippen molar-refractivity contribution in [2.24, 2.45) is 0 Å². The summed E-state index contributed by atoms with van der Waals surface area (Å²) in [6, 6.07) is 5.44. The number of rotatable bonds is 5. The Bertz CT molecular complexity index is 609. The van der Waals surface area contributed by atoms with Crippen molar-refractivity contribution in [3.05, 3.63) is 33.9 Å². The summed E-state index contributed by atoms with van der Waals surface area (Å²) in [6.07, 6.45) is 1.69. The van der Waals surface area contributed by atoms with E-state index in [4.69, 9.17) is 16.3 Å². The SMILES string of the molecule is CCNc1ncc(Br)c(Nc2ccc(OC)c(Cl)c2)n1. The highest BCUT2D eigenvalue weighted by molar-refractivity contribution is 9.10. The van der Waals surface area contributed by atoms with Crippen LogP contribution in [0, 0.1) is 0 Å². The molecule has 0 fully saturated rings. The molecule has 0 aliphatic rings. The van der Waals surface area contributed by atoms with Gasteiger partial charge in [-0.1, -0.05) is 11.6 Å². The van der Waals surface area contributed by atoms with Crippen LogP contribution in [0.4, 0.5) is 17.5 Å². The van der Waals surface area contributed by atoms with Crippen LogP contribution in [0.1, 0.15) is 6.92 Å². The summed E-state index contributed by atoms with van der Waals surface area (Å²) in [5, 5.41) is 6.78. The second-order valence-corrected chi connectivity index (χ2v) is 5.16. The Morgan fingerprint density at radius 2 is 2.20 bits per heavy atom. The highest BCUT2D eigenvalue weighted by Gasteiger charge is 2.07. The zero-order valence-electron chi connectivity index (χ0n) is 11.1. The Morgan fingerprint density at radius 3 is 2.85 bits per heavy atom. The maximum atomic E-state index is 6.09. The van der Waals surface area contributed by atoms with Gasteiger partial charge in [0.05, 0.1) is 16.6 Å².